The summed E-state index contributed by atoms with van der Waals surface area (Å²) in [5.41, 5.74) is 5.61. The Labute approximate surface area is 215 Å². The van der Waals surface area contributed by atoms with Gasteiger partial charge in [-0.05, 0) is 106 Å². The summed E-state index contributed by atoms with van der Waals surface area (Å²) in [5, 5.41) is 9.06. The quantitative estimate of drug-likeness (QED) is 0.290. The average molecular weight is 570 g/mol. The first-order valence-corrected chi connectivity index (χ1v) is 12.3. The molecule has 0 aliphatic heterocycles. The van der Waals surface area contributed by atoms with Crippen molar-refractivity contribution in [2.24, 2.45) is 0 Å². The summed E-state index contributed by atoms with van der Waals surface area (Å²) in [6, 6.07) is 22.6. The molecule has 0 saturated heterocycles. The topological polar surface area (TPSA) is 55.8 Å². The van der Waals surface area contributed by atoms with Gasteiger partial charge in [0.1, 0.15) is 18.1 Å². The van der Waals surface area contributed by atoms with Gasteiger partial charge in [-0.2, -0.15) is 0 Å². The highest BCUT2D eigenvalue weighted by molar-refractivity contribution is 14.1. The summed E-state index contributed by atoms with van der Waals surface area (Å²) in [6.45, 7) is 10.4. The number of aryl methyl sites for hydroxylation is 1. The summed E-state index contributed by atoms with van der Waals surface area (Å²) in [7, 11) is 0. The van der Waals surface area contributed by atoms with Crippen molar-refractivity contribution in [3.63, 3.8) is 0 Å². The van der Waals surface area contributed by atoms with E-state index in [0.717, 1.165) is 22.3 Å². The predicted octanol–water partition coefficient (Wildman–Crippen LogP) is 7.26. The molecule has 4 nitrogen and oxygen atoms in total. The Morgan fingerprint density at radius 1 is 1.00 bits per heavy atom. The van der Waals surface area contributed by atoms with Gasteiger partial charge < -0.3 is 14.6 Å². The van der Waals surface area contributed by atoms with E-state index in [1.54, 1.807) is 12.1 Å². The minimum Gasteiger partial charge on any atom is -0.489 e. The fourth-order valence-electron chi connectivity index (χ4n) is 3.49. The highest BCUT2D eigenvalue weighted by Crippen LogP contribution is 2.29. The minimum absolute atomic E-state index is 0.102. The van der Waals surface area contributed by atoms with E-state index in [4.69, 9.17) is 14.6 Å². The van der Waals surface area contributed by atoms with Gasteiger partial charge in [-0.1, -0.05) is 57.2 Å². The Kier molecular flexibility index (Phi) is 8.42. The SMILES string of the molecule is Cc1cc(OC/C=C(\c2ccc(I)cc2)c2ccc(C(C)(C)C)cc2)ccc1OC(C)C(=O)O. The first-order chi connectivity index (χ1) is 16.0. The molecule has 0 bridgehead atoms. The third-order valence-corrected chi connectivity index (χ3v) is 6.27. The number of aliphatic carboxylic acids is 1. The zero-order valence-electron chi connectivity index (χ0n) is 20.3. The van der Waals surface area contributed by atoms with Crippen LogP contribution in [0.2, 0.25) is 0 Å². The third kappa shape index (κ3) is 6.86. The average Bonchev–Trinajstić information content (AvgIpc) is 2.78. The van der Waals surface area contributed by atoms with Gasteiger partial charge in [-0.3, -0.25) is 0 Å². The molecular formula is C29H31IO4. The summed E-state index contributed by atoms with van der Waals surface area (Å²) in [4.78, 5) is 11.1. The maximum absolute atomic E-state index is 11.1. The van der Waals surface area contributed by atoms with Crippen LogP contribution >= 0.6 is 22.6 Å². The van der Waals surface area contributed by atoms with Crippen molar-refractivity contribution < 1.29 is 19.4 Å². The van der Waals surface area contributed by atoms with Gasteiger partial charge in [0.15, 0.2) is 6.10 Å². The zero-order valence-corrected chi connectivity index (χ0v) is 22.4. The standard InChI is InChI=1S/C29H31IO4/c1-19-18-25(14-15-27(19)34-20(2)28(31)32)33-17-16-26(22-8-12-24(30)13-9-22)21-6-10-23(11-7-21)29(3,4)5/h6-16,18,20H,17H2,1-5H3,(H,31,32)/b26-16-. The van der Waals surface area contributed by atoms with Crippen molar-refractivity contribution in [2.75, 3.05) is 6.61 Å². The highest BCUT2D eigenvalue weighted by Gasteiger charge is 2.15. The lowest BCUT2D eigenvalue weighted by molar-refractivity contribution is -0.144. The van der Waals surface area contributed by atoms with E-state index in [1.165, 1.54) is 16.1 Å². The van der Waals surface area contributed by atoms with Crippen LogP contribution in [0.25, 0.3) is 5.57 Å². The number of rotatable bonds is 8. The molecule has 3 rings (SSSR count). The molecule has 1 N–H and O–H groups in total. The number of halogens is 1. The van der Waals surface area contributed by atoms with E-state index in [0.29, 0.717) is 18.1 Å². The second-order valence-electron chi connectivity index (χ2n) is 9.29. The number of carbonyl (C=O) groups is 1. The summed E-state index contributed by atoms with van der Waals surface area (Å²) >= 11 is 2.31. The number of hydrogen-bond donors (Lipinski definition) is 1. The number of ether oxygens (including phenoxy) is 2. The van der Waals surface area contributed by atoms with E-state index in [1.807, 2.05) is 13.0 Å². The van der Waals surface area contributed by atoms with Gasteiger partial charge >= 0.3 is 5.97 Å². The molecule has 3 aromatic carbocycles. The van der Waals surface area contributed by atoms with Crippen LogP contribution in [0.1, 0.15) is 49.9 Å². The highest BCUT2D eigenvalue weighted by atomic mass is 127. The van der Waals surface area contributed by atoms with Crippen LogP contribution in [-0.2, 0) is 10.2 Å². The Balaban J connectivity index is 1.81. The van der Waals surface area contributed by atoms with Crippen molar-refractivity contribution >= 4 is 34.1 Å². The van der Waals surface area contributed by atoms with Crippen LogP contribution in [0.15, 0.2) is 72.8 Å². The minimum atomic E-state index is -0.997. The van der Waals surface area contributed by atoms with Crippen LogP contribution in [0.3, 0.4) is 0 Å². The molecule has 0 aliphatic carbocycles. The Morgan fingerprint density at radius 3 is 2.12 bits per heavy atom. The molecule has 5 heteroatoms. The lowest BCUT2D eigenvalue weighted by atomic mass is 9.85. The molecule has 0 aromatic heterocycles. The van der Waals surface area contributed by atoms with E-state index in [9.17, 15) is 4.79 Å². The molecular weight excluding hydrogens is 539 g/mol. The number of hydrogen-bond acceptors (Lipinski definition) is 3. The maximum atomic E-state index is 11.1. The monoisotopic (exact) mass is 570 g/mol. The van der Waals surface area contributed by atoms with Crippen LogP contribution in [-0.4, -0.2) is 23.8 Å². The molecule has 34 heavy (non-hydrogen) atoms. The van der Waals surface area contributed by atoms with Crippen LogP contribution in [0.5, 0.6) is 11.5 Å². The zero-order chi connectivity index (χ0) is 24.9. The molecule has 0 heterocycles. The van der Waals surface area contributed by atoms with Gasteiger partial charge in [0.25, 0.3) is 0 Å². The largest absolute Gasteiger partial charge is 0.489 e. The van der Waals surface area contributed by atoms with Crippen LogP contribution < -0.4 is 9.47 Å². The summed E-state index contributed by atoms with van der Waals surface area (Å²) < 4.78 is 12.7. The molecule has 0 radical (unpaired) electrons. The smallest absolute Gasteiger partial charge is 0.344 e. The Hall–Kier alpha value is -2.80. The summed E-state index contributed by atoms with van der Waals surface area (Å²) in [6.07, 6.45) is 1.19. The molecule has 0 aliphatic rings. The second-order valence-corrected chi connectivity index (χ2v) is 10.5. The van der Waals surface area contributed by atoms with Gasteiger partial charge in [0, 0.05) is 3.57 Å². The number of carboxylic acids is 1. The van der Waals surface area contributed by atoms with Crippen molar-refractivity contribution in [3.8, 4) is 11.5 Å². The van der Waals surface area contributed by atoms with Gasteiger partial charge in [0.05, 0.1) is 0 Å². The van der Waals surface area contributed by atoms with E-state index >= 15 is 0 Å². The van der Waals surface area contributed by atoms with Crippen molar-refractivity contribution in [1.82, 2.24) is 0 Å². The normalized spacial score (nSPS) is 12.8. The lowest BCUT2D eigenvalue weighted by Crippen LogP contribution is -2.23. The Morgan fingerprint density at radius 2 is 1.59 bits per heavy atom. The second kappa shape index (κ2) is 11.1. The summed E-state index contributed by atoms with van der Waals surface area (Å²) in [5.74, 6) is 0.244. The third-order valence-electron chi connectivity index (χ3n) is 5.55. The fraction of sp³-hybridized carbons (Fsp3) is 0.276. The number of carboxylic acid groups (broad SMARTS) is 1. The van der Waals surface area contributed by atoms with Gasteiger partial charge in [0.2, 0.25) is 0 Å². The molecule has 0 saturated carbocycles. The molecule has 1 atom stereocenters. The fourth-order valence-corrected chi connectivity index (χ4v) is 3.85. The van der Waals surface area contributed by atoms with Crippen LogP contribution in [0, 0.1) is 10.5 Å². The van der Waals surface area contributed by atoms with Gasteiger partial charge in [-0.25, -0.2) is 4.79 Å². The molecule has 3 aromatic rings. The first-order valence-electron chi connectivity index (χ1n) is 11.2. The lowest BCUT2D eigenvalue weighted by Gasteiger charge is -2.19. The van der Waals surface area contributed by atoms with E-state index in [-0.39, 0.29) is 5.41 Å². The predicted molar refractivity (Wildman–Crippen MR) is 146 cm³/mol. The van der Waals surface area contributed by atoms with Crippen molar-refractivity contribution in [2.45, 2.75) is 46.1 Å². The van der Waals surface area contributed by atoms with E-state index < -0.39 is 12.1 Å². The molecule has 0 fully saturated rings. The Bertz CT molecular complexity index is 1160. The number of benzene rings is 3. The van der Waals surface area contributed by atoms with Crippen molar-refractivity contribution in [3.05, 3.63) is 98.6 Å². The molecule has 1 unspecified atom stereocenters. The maximum Gasteiger partial charge on any atom is 0.344 e. The molecule has 178 valence electrons. The van der Waals surface area contributed by atoms with Crippen LogP contribution in [0.4, 0.5) is 0 Å². The van der Waals surface area contributed by atoms with E-state index in [2.05, 4.69) is 98.0 Å². The molecule has 0 spiro atoms. The molecule has 0 amide bonds. The van der Waals surface area contributed by atoms with Crippen molar-refractivity contribution in [1.29, 1.82) is 0 Å². The van der Waals surface area contributed by atoms with Gasteiger partial charge in [-0.15, -0.1) is 0 Å². The first kappa shape index (κ1) is 25.8.